The summed E-state index contributed by atoms with van der Waals surface area (Å²) in [6.45, 7) is 6.64. The number of aryl methyl sites for hydroxylation is 1. The lowest BCUT2D eigenvalue weighted by Crippen LogP contribution is -2.40. The monoisotopic (exact) mass is 232 g/mol. The summed E-state index contributed by atoms with van der Waals surface area (Å²) >= 11 is 0. The van der Waals surface area contributed by atoms with Crippen LogP contribution in [-0.2, 0) is 6.42 Å². The van der Waals surface area contributed by atoms with Gasteiger partial charge in [-0.2, -0.15) is 0 Å². The average molecular weight is 232 g/mol. The highest BCUT2D eigenvalue weighted by molar-refractivity contribution is 5.23. The molecule has 94 valence electrons. The Balaban J connectivity index is 2.09. The van der Waals surface area contributed by atoms with Gasteiger partial charge in [-0.3, -0.25) is 0 Å². The van der Waals surface area contributed by atoms with Crippen molar-refractivity contribution in [3.63, 3.8) is 0 Å². The van der Waals surface area contributed by atoms with Crippen LogP contribution in [0, 0.1) is 12.3 Å². The number of hydrogen-bond acceptors (Lipinski definition) is 1. The molecule has 0 aromatic heterocycles. The lowest BCUT2D eigenvalue weighted by molar-refractivity contribution is -0.0382. The van der Waals surface area contributed by atoms with E-state index in [1.165, 1.54) is 17.5 Å². The molecule has 1 aromatic rings. The van der Waals surface area contributed by atoms with E-state index in [1.807, 2.05) is 0 Å². The van der Waals surface area contributed by atoms with Crippen LogP contribution in [0.3, 0.4) is 0 Å². The summed E-state index contributed by atoms with van der Waals surface area (Å²) in [6, 6.07) is 8.56. The summed E-state index contributed by atoms with van der Waals surface area (Å²) in [5, 5.41) is 10.7. The Morgan fingerprint density at radius 3 is 2.35 bits per heavy atom. The van der Waals surface area contributed by atoms with E-state index in [4.69, 9.17) is 0 Å². The van der Waals surface area contributed by atoms with Gasteiger partial charge in [0, 0.05) is 6.42 Å². The first-order valence-electron chi connectivity index (χ1n) is 6.67. The highest BCUT2D eigenvalue weighted by Crippen LogP contribution is 2.42. The lowest BCUT2D eigenvalue weighted by atomic mass is 9.68. The zero-order valence-corrected chi connectivity index (χ0v) is 11.3. The maximum Gasteiger partial charge on any atom is 0.0693 e. The molecule has 1 unspecified atom stereocenters. The van der Waals surface area contributed by atoms with Gasteiger partial charge >= 0.3 is 0 Å². The SMILES string of the molecule is Cc1ccc(CC2(O)CCCC(C)(C)C2)cc1. The Labute approximate surface area is 105 Å². The molecule has 0 bridgehead atoms. The number of hydrogen-bond donors (Lipinski definition) is 1. The molecule has 1 atom stereocenters. The molecular formula is C16H24O. The third kappa shape index (κ3) is 3.32. The number of aliphatic hydroxyl groups is 1. The second-order valence-electron chi connectivity index (χ2n) is 6.58. The minimum Gasteiger partial charge on any atom is -0.390 e. The number of benzene rings is 1. The summed E-state index contributed by atoms with van der Waals surface area (Å²) < 4.78 is 0. The van der Waals surface area contributed by atoms with E-state index in [9.17, 15) is 5.11 Å². The third-order valence-corrected chi connectivity index (χ3v) is 3.96. The molecule has 0 heterocycles. The van der Waals surface area contributed by atoms with Crippen molar-refractivity contribution in [2.45, 2.75) is 58.5 Å². The van der Waals surface area contributed by atoms with Crippen LogP contribution in [0.5, 0.6) is 0 Å². The van der Waals surface area contributed by atoms with Gasteiger partial charge in [-0.1, -0.05) is 50.1 Å². The van der Waals surface area contributed by atoms with Crippen LogP contribution in [0.4, 0.5) is 0 Å². The molecule has 2 rings (SSSR count). The van der Waals surface area contributed by atoms with E-state index < -0.39 is 5.60 Å². The van der Waals surface area contributed by atoms with Gasteiger partial charge in [0.15, 0.2) is 0 Å². The third-order valence-electron chi connectivity index (χ3n) is 3.96. The molecule has 0 saturated heterocycles. The largest absolute Gasteiger partial charge is 0.390 e. The molecule has 1 aliphatic rings. The molecule has 0 aliphatic heterocycles. The normalized spacial score (nSPS) is 28.0. The van der Waals surface area contributed by atoms with Crippen molar-refractivity contribution in [2.75, 3.05) is 0 Å². The molecular weight excluding hydrogens is 208 g/mol. The average Bonchev–Trinajstić information content (AvgIpc) is 2.19. The maximum absolute atomic E-state index is 10.7. The zero-order chi connectivity index (χ0) is 12.5. The molecule has 0 radical (unpaired) electrons. The van der Waals surface area contributed by atoms with Crippen molar-refractivity contribution in [2.24, 2.45) is 5.41 Å². The van der Waals surface area contributed by atoms with Crippen LogP contribution >= 0.6 is 0 Å². The number of rotatable bonds is 2. The molecule has 1 saturated carbocycles. The Morgan fingerprint density at radius 2 is 1.76 bits per heavy atom. The molecule has 1 fully saturated rings. The molecule has 0 spiro atoms. The van der Waals surface area contributed by atoms with Crippen LogP contribution in [0.15, 0.2) is 24.3 Å². The van der Waals surface area contributed by atoms with Gasteiger partial charge in [0.2, 0.25) is 0 Å². The predicted molar refractivity (Wildman–Crippen MR) is 72.1 cm³/mol. The standard InChI is InChI=1S/C16H24O/c1-13-5-7-14(8-6-13)11-16(17)10-4-9-15(2,3)12-16/h5-8,17H,4,9-12H2,1-3H3. The first kappa shape index (κ1) is 12.6. The van der Waals surface area contributed by atoms with Crippen LogP contribution in [0.25, 0.3) is 0 Å². The van der Waals surface area contributed by atoms with E-state index in [0.29, 0.717) is 0 Å². The Kier molecular flexibility index (Phi) is 3.31. The van der Waals surface area contributed by atoms with Crippen molar-refractivity contribution in [1.29, 1.82) is 0 Å². The molecule has 1 N–H and O–H groups in total. The van der Waals surface area contributed by atoms with Crippen LogP contribution in [0.1, 0.15) is 50.7 Å². The summed E-state index contributed by atoms with van der Waals surface area (Å²) in [5.41, 5.74) is 2.34. The van der Waals surface area contributed by atoms with E-state index >= 15 is 0 Å². The molecule has 17 heavy (non-hydrogen) atoms. The minimum absolute atomic E-state index is 0.289. The molecule has 1 aromatic carbocycles. The zero-order valence-electron chi connectivity index (χ0n) is 11.3. The van der Waals surface area contributed by atoms with E-state index in [-0.39, 0.29) is 5.41 Å². The van der Waals surface area contributed by atoms with Crippen molar-refractivity contribution in [1.82, 2.24) is 0 Å². The van der Waals surface area contributed by atoms with Crippen LogP contribution in [-0.4, -0.2) is 10.7 Å². The van der Waals surface area contributed by atoms with Gasteiger partial charge in [-0.05, 0) is 37.2 Å². The summed E-state index contributed by atoms with van der Waals surface area (Å²) in [4.78, 5) is 0. The Bertz CT molecular complexity index is 377. The van der Waals surface area contributed by atoms with Gasteiger partial charge in [0.25, 0.3) is 0 Å². The molecule has 1 aliphatic carbocycles. The molecule has 0 amide bonds. The minimum atomic E-state index is -0.489. The van der Waals surface area contributed by atoms with E-state index in [1.54, 1.807) is 0 Å². The first-order valence-corrected chi connectivity index (χ1v) is 6.67. The van der Waals surface area contributed by atoms with E-state index in [0.717, 1.165) is 25.7 Å². The van der Waals surface area contributed by atoms with Gasteiger partial charge in [-0.25, -0.2) is 0 Å². The van der Waals surface area contributed by atoms with Crippen molar-refractivity contribution < 1.29 is 5.11 Å². The van der Waals surface area contributed by atoms with Gasteiger partial charge in [0.1, 0.15) is 0 Å². The second kappa shape index (κ2) is 4.45. The molecule has 1 heteroatoms. The molecule has 1 nitrogen and oxygen atoms in total. The second-order valence-corrected chi connectivity index (χ2v) is 6.58. The summed E-state index contributed by atoms with van der Waals surface area (Å²) in [5.74, 6) is 0. The fraction of sp³-hybridized carbons (Fsp3) is 0.625. The summed E-state index contributed by atoms with van der Waals surface area (Å²) in [7, 11) is 0. The lowest BCUT2D eigenvalue weighted by Gasteiger charge is -2.41. The Hall–Kier alpha value is -0.820. The van der Waals surface area contributed by atoms with Crippen LogP contribution < -0.4 is 0 Å². The first-order chi connectivity index (χ1) is 7.89. The smallest absolute Gasteiger partial charge is 0.0693 e. The highest BCUT2D eigenvalue weighted by Gasteiger charge is 2.38. The van der Waals surface area contributed by atoms with Crippen molar-refractivity contribution in [3.05, 3.63) is 35.4 Å². The predicted octanol–water partition coefficient (Wildman–Crippen LogP) is 3.87. The van der Waals surface area contributed by atoms with Crippen LogP contribution in [0.2, 0.25) is 0 Å². The van der Waals surface area contributed by atoms with Crippen molar-refractivity contribution >= 4 is 0 Å². The highest BCUT2D eigenvalue weighted by atomic mass is 16.3. The Morgan fingerprint density at radius 1 is 1.12 bits per heavy atom. The quantitative estimate of drug-likeness (QED) is 0.820. The topological polar surface area (TPSA) is 20.2 Å². The summed E-state index contributed by atoms with van der Waals surface area (Å²) in [6.07, 6.45) is 5.06. The fourth-order valence-electron chi connectivity index (χ4n) is 3.20. The maximum atomic E-state index is 10.7. The van der Waals surface area contributed by atoms with Gasteiger partial charge in [0.05, 0.1) is 5.60 Å². The fourth-order valence-corrected chi connectivity index (χ4v) is 3.20. The van der Waals surface area contributed by atoms with Gasteiger partial charge in [-0.15, -0.1) is 0 Å². The van der Waals surface area contributed by atoms with E-state index in [2.05, 4.69) is 45.0 Å². The van der Waals surface area contributed by atoms with Gasteiger partial charge < -0.3 is 5.11 Å². The van der Waals surface area contributed by atoms with Crippen molar-refractivity contribution in [3.8, 4) is 0 Å².